The molecule has 0 N–H and O–H groups in total. The van der Waals surface area contributed by atoms with Crippen LogP contribution < -0.4 is 0 Å². The van der Waals surface area contributed by atoms with Crippen molar-refractivity contribution in [1.29, 1.82) is 0 Å². The third kappa shape index (κ3) is 4.79. The van der Waals surface area contributed by atoms with Crippen LogP contribution in [0.4, 0.5) is 0 Å². The second kappa shape index (κ2) is 11.7. The first kappa shape index (κ1) is 30.2. The van der Waals surface area contributed by atoms with E-state index in [4.69, 9.17) is 19.4 Å². The number of benzene rings is 7. The zero-order valence-electron chi connectivity index (χ0n) is 28.8. The number of aromatic nitrogens is 3. The first-order valence-corrected chi connectivity index (χ1v) is 17.7. The van der Waals surface area contributed by atoms with Crippen molar-refractivity contribution in [2.45, 2.75) is 19.3 Å². The van der Waals surface area contributed by atoms with Gasteiger partial charge in [0, 0.05) is 44.0 Å². The van der Waals surface area contributed by atoms with Gasteiger partial charge in [0.1, 0.15) is 11.2 Å². The van der Waals surface area contributed by atoms with Gasteiger partial charge in [-0.25, -0.2) is 15.0 Å². The van der Waals surface area contributed by atoms with E-state index in [1.807, 2.05) is 60.7 Å². The molecule has 0 amide bonds. The predicted molar refractivity (Wildman–Crippen MR) is 212 cm³/mol. The molecule has 0 saturated carbocycles. The molecule has 1 aliphatic rings. The van der Waals surface area contributed by atoms with E-state index in [1.54, 1.807) is 0 Å². The van der Waals surface area contributed by atoms with Crippen molar-refractivity contribution in [2.24, 2.45) is 0 Å². The SMILES string of the molecule is CC1(C)c2ccccc2-c2cc(-c3cccc4c3oc3c(-c5cccc(-c6nc(-c7ccccc7)nc(-c7ccccc7)n6)c5)cccc34)ccc21. The van der Waals surface area contributed by atoms with Crippen LogP contribution in [0.5, 0.6) is 0 Å². The van der Waals surface area contributed by atoms with Crippen LogP contribution in [0.3, 0.4) is 0 Å². The summed E-state index contributed by atoms with van der Waals surface area (Å²) in [4.78, 5) is 14.8. The average Bonchev–Trinajstić information content (AvgIpc) is 3.70. The Bertz CT molecular complexity index is 2760. The highest BCUT2D eigenvalue weighted by atomic mass is 16.3. The number of hydrogen-bond donors (Lipinski definition) is 0. The average molecular weight is 668 g/mol. The highest BCUT2D eigenvalue weighted by Crippen LogP contribution is 2.50. The Kier molecular flexibility index (Phi) is 6.80. The summed E-state index contributed by atoms with van der Waals surface area (Å²) in [7, 11) is 0. The lowest BCUT2D eigenvalue weighted by Gasteiger charge is -2.21. The summed E-state index contributed by atoms with van der Waals surface area (Å²) >= 11 is 0. The van der Waals surface area contributed by atoms with Crippen LogP contribution in [0, 0.1) is 0 Å². The van der Waals surface area contributed by atoms with E-state index in [2.05, 4.69) is 117 Å². The molecule has 0 saturated heterocycles. The molecule has 52 heavy (non-hydrogen) atoms. The number of nitrogens with zero attached hydrogens (tertiary/aromatic N) is 3. The molecule has 0 bridgehead atoms. The van der Waals surface area contributed by atoms with Crippen molar-refractivity contribution in [3.8, 4) is 67.5 Å². The fourth-order valence-corrected chi connectivity index (χ4v) is 7.93. The number of fused-ring (bicyclic) bond motifs is 6. The summed E-state index contributed by atoms with van der Waals surface area (Å²) in [5.41, 5.74) is 14.2. The predicted octanol–water partition coefficient (Wildman–Crippen LogP) is 12.4. The third-order valence-electron chi connectivity index (χ3n) is 10.6. The highest BCUT2D eigenvalue weighted by molar-refractivity contribution is 6.13. The quantitative estimate of drug-likeness (QED) is 0.183. The minimum atomic E-state index is -0.0349. The monoisotopic (exact) mass is 667 g/mol. The Morgan fingerprint density at radius 2 is 0.827 bits per heavy atom. The van der Waals surface area contributed by atoms with E-state index in [0.717, 1.165) is 60.9 Å². The molecule has 2 aromatic heterocycles. The number of hydrogen-bond acceptors (Lipinski definition) is 4. The number of furan rings is 1. The zero-order valence-corrected chi connectivity index (χ0v) is 28.8. The Morgan fingerprint density at radius 1 is 0.365 bits per heavy atom. The van der Waals surface area contributed by atoms with E-state index in [0.29, 0.717) is 17.5 Å². The van der Waals surface area contributed by atoms with Gasteiger partial charge in [-0.2, -0.15) is 0 Å². The van der Waals surface area contributed by atoms with Crippen LogP contribution in [0.25, 0.3) is 89.5 Å². The molecule has 10 rings (SSSR count). The fraction of sp³-hybridized carbons (Fsp3) is 0.0625. The van der Waals surface area contributed by atoms with E-state index < -0.39 is 0 Å². The van der Waals surface area contributed by atoms with Gasteiger partial charge >= 0.3 is 0 Å². The van der Waals surface area contributed by atoms with Crippen molar-refractivity contribution in [3.05, 3.63) is 175 Å². The summed E-state index contributed by atoms with van der Waals surface area (Å²) in [6.07, 6.45) is 0. The van der Waals surface area contributed by atoms with Crippen molar-refractivity contribution in [3.63, 3.8) is 0 Å². The topological polar surface area (TPSA) is 51.8 Å². The zero-order chi connectivity index (χ0) is 34.8. The molecule has 4 nitrogen and oxygen atoms in total. The molecule has 0 atom stereocenters. The Balaban J connectivity index is 1.10. The van der Waals surface area contributed by atoms with Gasteiger partial charge in [0.2, 0.25) is 0 Å². The maximum atomic E-state index is 6.91. The van der Waals surface area contributed by atoms with Crippen LogP contribution in [-0.4, -0.2) is 15.0 Å². The molecule has 4 heteroatoms. The van der Waals surface area contributed by atoms with Crippen LogP contribution in [0.15, 0.2) is 168 Å². The van der Waals surface area contributed by atoms with Gasteiger partial charge in [0.05, 0.1) is 0 Å². The minimum Gasteiger partial charge on any atom is -0.455 e. The molecule has 2 heterocycles. The van der Waals surface area contributed by atoms with Gasteiger partial charge in [-0.15, -0.1) is 0 Å². The first-order valence-electron chi connectivity index (χ1n) is 17.7. The maximum absolute atomic E-state index is 6.91. The minimum absolute atomic E-state index is 0.0349. The summed E-state index contributed by atoms with van der Waals surface area (Å²) in [6.45, 7) is 4.64. The van der Waals surface area contributed by atoms with Gasteiger partial charge in [-0.05, 0) is 45.5 Å². The largest absolute Gasteiger partial charge is 0.455 e. The smallest absolute Gasteiger partial charge is 0.164 e. The second-order valence-electron chi connectivity index (χ2n) is 14.0. The van der Waals surface area contributed by atoms with Crippen molar-refractivity contribution >= 4 is 21.9 Å². The van der Waals surface area contributed by atoms with Gasteiger partial charge in [0.15, 0.2) is 17.5 Å². The lowest BCUT2D eigenvalue weighted by Crippen LogP contribution is -2.14. The summed E-state index contributed by atoms with van der Waals surface area (Å²) in [5, 5.41) is 2.19. The van der Waals surface area contributed by atoms with Crippen LogP contribution in [0.1, 0.15) is 25.0 Å². The van der Waals surface area contributed by atoms with Crippen molar-refractivity contribution in [2.75, 3.05) is 0 Å². The van der Waals surface area contributed by atoms with Crippen LogP contribution in [0.2, 0.25) is 0 Å². The molecule has 9 aromatic rings. The summed E-state index contributed by atoms with van der Waals surface area (Å²) in [6, 6.07) is 57.1. The molecule has 246 valence electrons. The lowest BCUT2D eigenvalue weighted by molar-refractivity contribution is 0.660. The van der Waals surface area contributed by atoms with Crippen LogP contribution in [-0.2, 0) is 5.41 Å². The summed E-state index contributed by atoms with van der Waals surface area (Å²) < 4.78 is 6.91. The lowest BCUT2D eigenvalue weighted by atomic mass is 9.82. The fourth-order valence-electron chi connectivity index (χ4n) is 7.93. The van der Waals surface area contributed by atoms with Gasteiger partial charge in [0.25, 0.3) is 0 Å². The molecule has 0 unspecified atom stereocenters. The third-order valence-corrected chi connectivity index (χ3v) is 10.6. The van der Waals surface area contributed by atoms with Crippen molar-refractivity contribution in [1.82, 2.24) is 15.0 Å². The van der Waals surface area contributed by atoms with Gasteiger partial charge < -0.3 is 4.42 Å². The van der Waals surface area contributed by atoms with Crippen LogP contribution >= 0.6 is 0 Å². The Labute approximate surface area is 302 Å². The number of rotatable bonds is 5. The second-order valence-corrected chi connectivity index (χ2v) is 14.0. The Morgan fingerprint density at radius 3 is 1.46 bits per heavy atom. The highest BCUT2D eigenvalue weighted by Gasteiger charge is 2.35. The molecule has 0 aliphatic heterocycles. The standard InChI is InChI=1S/C48H33N3O/c1-48(2)41-25-10-9-20-37(41)40-29-33(26-27-42(40)48)36-22-13-24-39-38-23-12-21-35(43(38)52-44(36)39)32-18-11-19-34(28-32)47-50-45(30-14-5-3-6-15-30)49-46(51-47)31-16-7-4-8-17-31/h3-29H,1-2H3. The normalized spacial score (nSPS) is 13.0. The Hall–Kier alpha value is -6.65. The number of para-hydroxylation sites is 2. The molecule has 0 radical (unpaired) electrons. The van der Waals surface area contributed by atoms with E-state index >= 15 is 0 Å². The molecule has 0 spiro atoms. The molecule has 0 fully saturated rings. The summed E-state index contributed by atoms with van der Waals surface area (Å²) in [5.74, 6) is 1.90. The molecular formula is C48H33N3O. The van der Waals surface area contributed by atoms with E-state index in [1.165, 1.54) is 22.3 Å². The van der Waals surface area contributed by atoms with E-state index in [-0.39, 0.29) is 5.41 Å². The van der Waals surface area contributed by atoms with Gasteiger partial charge in [-0.1, -0.05) is 166 Å². The molecule has 7 aromatic carbocycles. The molecule has 1 aliphatic carbocycles. The van der Waals surface area contributed by atoms with Crippen molar-refractivity contribution < 1.29 is 4.42 Å². The van der Waals surface area contributed by atoms with E-state index in [9.17, 15) is 0 Å². The first-order chi connectivity index (χ1) is 25.5. The molecular weight excluding hydrogens is 635 g/mol. The maximum Gasteiger partial charge on any atom is 0.164 e. The van der Waals surface area contributed by atoms with Gasteiger partial charge in [-0.3, -0.25) is 0 Å².